The molecule has 0 aliphatic carbocycles. The highest BCUT2D eigenvalue weighted by Crippen LogP contribution is 2.27. The van der Waals surface area contributed by atoms with Gasteiger partial charge in [0.15, 0.2) is 0 Å². The average Bonchev–Trinajstić information content (AvgIpc) is 2.86. The summed E-state index contributed by atoms with van der Waals surface area (Å²) < 4.78 is 5.46. The van der Waals surface area contributed by atoms with Crippen LogP contribution in [0.2, 0.25) is 0 Å². The van der Waals surface area contributed by atoms with Gasteiger partial charge in [-0.1, -0.05) is 39.0 Å². The molecule has 5 nitrogen and oxygen atoms in total. The zero-order valence-corrected chi connectivity index (χ0v) is 14.7. The zero-order valence-electron chi connectivity index (χ0n) is 14.7. The number of hydrogen-bond acceptors (Lipinski definition) is 3. The largest absolute Gasteiger partial charge is 0.478 e. The number of furan rings is 1. The van der Waals surface area contributed by atoms with Gasteiger partial charge >= 0.3 is 5.97 Å². The van der Waals surface area contributed by atoms with Crippen molar-refractivity contribution in [2.24, 2.45) is 0 Å². The molecule has 5 heteroatoms. The molecule has 1 heterocycles. The number of aromatic carboxylic acids is 1. The molecule has 0 unspecified atom stereocenters. The topological polar surface area (TPSA) is 70.8 Å². The van der Waals surface area contributed by atoms with E-state index in [4.69, 9.17) is 9.52 Å². The molecule has 1 aromatic carbocycles. The summed E-state index contributed by atoms with van der Waals surface area (Å²) in [5, 5.41) is 9.09. The summed E-state index contributed by atoms with van der Waals surface area (Å²) in [5.74, 6) is -0.358. The zero-order chi connectivity index (χ0) is 18.1. The maximum absolute atomic E-state index is 12.8. The van der Waals surface area contributed by atoms with E-state index in [-0.39, 0.29) is 23.4 Å². The number of benzene rings is 1. The maximum Gasteiger partial charge on any atom is 0.339 e. The Hall–Kier alpha value is -2.56. The van der Waals surface area contributed by atoms with Crippen LogP contribution in [0.3, 0.4) is 0 Å². The van der Waals surface area contributed by atoms with Crippen LogP contribution in [0, 0.1) is 6.92 Å². The van der Waals surface area contributed by atoms with Crippen LogP contribution < -0.4 is 0 Å². The lowest BCUT2D eigenvalue weighted by molar-refractivity contribution is 0.0694. The van der Waals surface area contributed by atoms with Gasteiger partial charge in [0.05, 0.1) is 6.54 Å². The van der Waals surface area contributed by atoms with Gasteiger partial charge in [-0.25, -0.2) is 4.79 Å². The summed E-state index contributed by atoms with van der Waals surface area (Å²) in [4.78, 5) is 25.4. The van der Waals surface area contributed by atoms with Crippen LogP contribution in [-0.2, 0) is 12.0 Å². The second-order valence-electron chi connectivity index (χ2n) is 6.94. The van der Waals surface area contributed by atoms with E-state index in [9.17, 15) is 9.59 Å². The molecule has 128 valence electrons. The number of carboxylic acid groups (broad SMARTS) is 1. The van der Waals surface area contributed by atoms with E-state index >= 15 is 0 Å². The summed E-state index contributed by atoms with van der Waals surface area (Å²) in [5.41, 5.74) is 1.60. The van der Waals surface area contributed by atoms with E-state index < -0.39 is 5.97 Å². The average molecular weight is 329 g/mol. The number of hydrogen-bond donors (Lipinski definition) is 1. The minimum absolute atomic E-state index is 0.119. The molecule has 0 saturated heterocycles. The van der Waals surface area contributed by atoms with Gasteiger partial charge in [0.2, 0.25) is 0 Å². The summed E-state index contributed by atoms with van der Waals surface area (Å²) in [6.07, 6.45) is 0. The van der Waals surface area contributed by atoms with Crippen molar-refractivity contribution in [2.45, 2.75) is 39.7 Å². The van der Waals surface area contributed by atoms with Crippen molar-refractivity contribution < 1.29 is 19.1 Å². The molecule has 2 aromatic rings. The fourth-order valence-corrected chi connectivity index (χ4v) is 2.67. The Bertz CT molecular complexity index is 768. The van der Waals surface area contributed by atoms with Crippen molar-refractivity contribution in [2.75, 3.05) is 7.05 Å². The minimum atomic E-state index is -1.03. The second-order valence-corrected chi connectivity index (χ2v) is 6.94. The molecule has 0 bridgehead atoms. The van der Waals surface area contributed by atoms with Crippen LogP contribution >= 0.6 is 0 Å². The summed E-state index contributed by atoms with van der Waals surface area (Å²) >= 11 is 0. The van der Waals surface area contributed by atoms with E-state index in [0.717, 1.165) is 5.56 Å². The Morgan fingerprint density at radius 1 is 1.17 bits per heavy atom. The summed E-state index contributed by atoms with van der Waals surface area (Å²) in [7, 11) is 1.68. The summed E-state index contributed by atoms with van der Waals surface area (Å²) in [6, 6.07) is 9.01. The standard InChI is InChI=1S/C19H23NO4/c1-12-15(18(22)23)10-13(24-12)11-20(5)17(21)14-8-6-7-9-16(14)19(2,3)4/h6-10H,11H2,1-5H3,(H,22,23). The molecule has 24 heavy (non-hydrogen) atoms. The molecule has 0 fully saturated rings. The van der Waals surface area contributed by atoms with Crippen LogP contribution in [-0.4, -0.2) is 28.9 Å². The molecule has 0 aliphatic rings. The van der Waals surface area contributed by atoms with E-state index in [2.05, 4.69) is 20.8 Å². The Kier molecular flexibility index (Phi) is 4.83. The Balaban J connectivity index is 2.25. The molecular weight excluding hydrogens is 306 g/mol. The number of nitrogens with zero attached hydrogens (tertiary/aromatic N) is 1. The van der Waals surface area contributed by atoms with Crippen molar-refractivity contribution in [3.63, 3.8) is 0 Å². The van der Waals surface area contributed by atoms with Gasteiger partial charge in [0.1, 0.15) is 17.1 Å². The predicted molar refractivity (Wildman–Crippen MR) is 91.3 cm³/mol. The third kappa shape index (κ3) is 3.67. The number of carboxylic acids is 1. The van der Waals surface area contributed by atoms with E-state index in [1.165, 1.54) is 11.0 Å². The van der Waals surface area contributed by atoms with Crippen molar-refractivity contribution in [3.05, 3.63) is 58.5 Å². The van der Waals surface area contributed by atoms with Crippen LogP contribution in [0.25, 0.3) is 0 Å². The Morgan fingerprint density at radius 2 is 1.79 bits per heavy atom. The van der Waals surface area contributed by atoms with E-state index in [1.807, 2.05) is 24.3 Å². The summed E-state index contributed by atoms with van der Waals surface area (Å²) in [6.45, 7) is 8.01. The first kappa shape index (κ1) is 17.8. The lowest BCUT2D eigenvalue weighted by Gasteiger charge is -2.24. The first-order valence-corrected chi connectivity index (χ1v) is 7.79. The quantitative estimate of drug-likeness (QED) is 0.924. The Morgan fingerprint density at radius 3 is 2.33 bits per heavy atom. The number of carbonyl (C=O) groups excluding carboxylic acids is 1. The first-order chi connectivity index (χ1) is 11.1. The highest BCUT2D eigenvalue weighted by molar-refractivity contribution is 5.96. The minimum Gasteiger partial charge on any atom is -0.478 e. The third-order valence-electron chi connectivity index (χ3n) is 3.90. The first-order valence-electron chi connectivity index (χ1n) is 7.79. The maximum atomic E-state index is 12.8. The predicted octanol–water partition coefficient (Wildman–Crippen LogP) is 3.86. The van der Waals surface area contributed by atoms with Gasteiger partial charge in [0.25, 0.3) is 5.91 Å². The van der Waals surface area contributed by atoms with Gasteiger partial charge in [-0.2, -0.15) is 0 Å². The molecule has 0 saturated carbocycles. The normalized spacial score (nSPS) is 11.4. The van der Waals surface area contributed by atoms with Gasteiger partial charge < -0.3 is 14.4 Å². The molecule has 1 amide bonds. The molecule has 1 aromatic heterocycles. The number of amides is 1. The number of rotatable bonds is 4. The molecular formula is C19H23NO4. The molecule has 0 atom stereocenters. The molecule has 2 rings (SSSR count). The number of carbonyl (C=O) groups is 2. The lowest BCUT2D eigenvalue weighted by Crippen LogP contribution is -2.29. The van der Waals surface area contributed by atoms with Crippen LogP contribution in [0.1, 0.15) is 58.6 Å². The molecule has 0 radical (unpaired) electrons. The van der Waals surface area contributed by atoms with Gasteiger partial charge in [-0.3, -0.25) is 4.79 Å². The van der Waals surface area contributed by atoms with Crippen molar-refractivity contribution in [3.8, 4) is 0 Å². The molecule has 1 N–H and O–H groups in total. The van der Waals surface area contributed by atoms with Crippen molar-refractivity contribution in [1.82, 2.24) is 4.90 Å². The fourth-order valence-electron chi connectivity index (χ4n) is 2.67. The van der Waals surface area contributed by atoms with Crippen LogP contribution in [0.15, 0.2) is 34.7 Å². The van der Waals surface area contributed by atoms with Crippen LogP contribution in [0.4, 0.5) is 0 Å². The van der Waals surface area contributed by atoms with Crippen molar-refractivity contribution >= 4 is 11.9 Å². The third-order valence-corrected chi connectivity index (χ3v) is 3.90. The van der Waals surface area contributed by atoms with Crippen LogP contribution in [0.5, 0.6) is 0 Å². The molecule has 0 spiro atoms. The van der Waals surface area contributed by atoms with Gasteiger partial charge in [-0.15, -0.1) is 0 Å². The smallest absolute Gasteiger partial charge is 0.339 e. The van der Waals surface area contributed by atoms with Gasteiger partial charge in [-0.05, 0) is 30.0 Å². The van der Waals surface area contributed by atoms with Gasteiger partial charge in [0, 0.05) is 12.6 Å². The molecule has 0 aliphatic heterocycles. The van der Waals surface area contributed by atoms with Crippen molar-refractivity contribution in [1.29, 1.82) is 0 Å². The second kappa shape index (κ2) is 6.51. The van der Waals surface area contributed by atoms with E-state index in [0.29, 0.717) is 17.1 Å². The highest BCUT2D eigenvalue weighted by Gasteiger charge is 2.24. The Labute approximate surface area is 141 Å². The fraction of sp³-hybridized carbons (Fsp3) is 0.368. The highest BCUT2D eigenvalue weighted by atomic mass is 16.4. The SMILES string of the molecule is Cc1oc(CN(C)C(=O)c2ccccc2C(C)(C)C)cc1C(=O)O. The monoisotopic (exact) mass is 329 g/mol. The lowest BCUT2D eigenvalue weighted by atomic mass is 9.83. The van der Waals surface area contributed by atoms with E-state index in [1.54, 1.807) is 14.0 Å². The number of aryl methyl sites for hydroxylation is 1.